The van der Waals surface area contributed by atoms with Crippen molar-refractivity contribution >= 4 is 18.4 Å². The molecule has 0 aliphatic heterocycles. The van der Waals surface area contributed by atoms with E-state index in [4.69, 9.17) is 0 Å². The smallest absolute Gasteiger partial charge is 0.0804 e. The average Bonchev–Trinajstić information content (AvgIpc) is 2.95. The Kier molecular flexibility index (Phi) is 3.45. The number of allylic oxidation sites excluding steroid dienone is 4. The molecule has 1 aliphatic rings. The normalized spacial score (nSPS) is 14.9. The van der Waals surface area contributed by atoms with Crippen LogP contribution in [0.4, 0.5) is 0 Å². The lowest BCUT2D eigenvalue weighted by atomic mass is 10.3. The summed E-state index contributed by atoms with van der Waals surface area (Å²) in [5, 5.41) is 4.56. The van der Waals surface area contributed by atoms with E-state index in [2.05, 4.69) is 86.3 Å². The van der Waals surface area contributed by atoms with E-state index >= 15 is 0 Å². The lowest BCUT2D eigenvalue weighted by Gasteiger charge is -2.31. The Labute approximate surface area is 122 Å². The molecule has 20 heavy (non-hydrogen) atoms. The van der Waals surface area contributed by atoms with E-state index < -0.39 is 8.07 Å². The molecule has 0 unspecified atom stereocenters. The maximum Gasteiger partial charge on any atom is 0.145 e. The molecule has 0 radical (unpaired) electrons. The molecular formula is C19H20Si. The first-order chi connectivity index (χ1) is 9.73. The van der Waals surface area contributed by atoms with Crippen molar-refractivity contribution in [3.63, 3.8) is 0 Å². The van der Waals surface area contributed by atoms with Crippen molar-refractivity contribution in [1.29, 1.82) is 0 Å². The first-order valence-electron chi connectivity index (χ1n) is 7.22. The summed E-state index contributed by atoms with van der Waals surface area (Å²) in [6, 6.07) is 22.1. The third-order valence-electron chi connectivity index (χ3n) is 4.41. The van der Waals surface area contributed by atoms with Gasteiger partial charge in [0, 0.05) is 0 Å². The molecule has 0 fully saturated rings. The molecule has 0 nitrogen and oxygen atoms in total. The zero-order valence-electron chi connectivity index (χ0n) is 12.1. The molecule has 100 valence electrons. The van der Waals surface area contributed by atoms with Crippen molar-refractivity contribution in [3.05, 3.63) is 83.6 Å². The summed E-state index contributed by atoms with van der Waals surface area (Å²) in [5.74, 6) is 0. The molecule has 0 bridgehead atoms. The SMILES string of the molecule is CC1=CCC=C1[Si](C)(c1ccccc1)c1ccccc1. The first kappa shape index (κ1) is 13.1. The van der Waals surface area contributed by atoms with Crippen molar-refractivity contribution in [2.24, 2.45) is 0 Å². The van der Waals surface area contributed by atoms with Crippen LogP contribution >= 0.6 is 0 Å². The predicted octanol–water partition coefficient (Wildman–Crippen LogP) is 3.70. The maximum atomic E-state index is 2.48. The van der Waals surface area contributed by atoms with Crippen LogP contribution in [-0.2, 0) is 0 Å². The Balaban J connectivity index is 2.21. The molecule has 2 aromatic rings. The maximum absolute atomic E-state index is 2.48. The summed E-state index contributed by atoms with van der Waals surface area (Å²) in [6.45, 7) is 4.74. The van der Waals surface area contributed by atoms with E-state index in [1.807, 2.05) is 0 Å². The van der Waals surface area contributed by atoms with E-state index in [0.29, 0.717) is 0 Å². The molecule has 0 saturated carbocycles. The first-order valence-corrected chi connectivity index (χ1v) is 9.72. The molecule has 2 aromatic carbocycles. The van der Waals surface area contributed by atoms with Gasteiger partial charge >= 0.3 is 0 Å². The molecular weight excluding hydrogens is 256 g/mol. The van der Waals surface area contributed by atoms with Crippen LogP contribution in [0.3, 0.4) is 0 Å². The predicted molar refractivity (Wildman–Crippen MR) is 90.2 cm³/mol. The second-order valence-corrected chi connectivity index (χ2v) is 9.54. The van der Waals surface area contributed by atoms with Gasteiger partial charge in [-0.1, -0.05) is 90.1 Å². The van der Waals surface area contributed by atoms with E-state index in [1.54, 1.807) is 5.20 Å². The van der Waals surface area contributed by atoms with Gasteiger partial charge in [0.1, 0.15) is 8.07 Å². The number of benzene rings is 2. The van der Waals surface area contributed by atoms with Gasteiger partial charge in [-0.15, -0.1) is 0 Å². The van der Waals surface area contributed by atoms with Gasteiger partial charge < -0.3 is 0 Å². The van der Waals surface area contributed by atoms with Crippen molar-refractivity contribution in [1.82, 2.24) is 0 Å². The molecule has 0 atom stereocenters. The Hall–Kier alpha value is -1.86. The molecule has 1 heteroatoms. The molecule has 0 amide bonds. The van der Waals surface area contributed by atoms with Gasteiger partial charge in [0.2, 0.25) is 0 Å². The lowest BCUT2D eigenvalue weighted by Crippen LogP contribution is -2.57. The standard InChI is InChI=1S/C19H20Si/c1-16-10-9-15-19(16)20(2,17-11-5-3-6-12-17)18-13-7-4-8-14-18/h3-8,10-15H,9H2,1-2H3. The van der Waals surface area contributed by atoms with E-state index in [1.165, 1.54) is 15.9 Å². The summed E-state index contributed by atoms with van der Waals surface area (Å²) in [5.41, 5.74) is 1.46. The van der Waals surface area contributed by atoms with Crippen LogP contribution in [0.15, 0.2) is 83.6 Å². The van der Waals surface area contributed by atoms with Crippen LogP contribution in [0.5, 0.6) is 0 Å². The van der Waals surface area contributed by atoms with Gasteiger partial charge in [-0.05, 0) is 23.7 Å². The van der Waals surface area contributed by atoms with E-state index in [0.717, 1.165) is 6.42 Å². The van der Waals surface area contributed by atoms with Crippen LogP contribution in [0.2, 0.25) is 6.55 Å². The van der Waals surface area contributed by atoms with Gasteiger partial charge in [-0.25, -0.2) is 0 Å². The van der Waals surface area contributed by atoms with Crippen molar-refractivity contribution in [2.75, 3.05) is 0 Å². The largest absolute Gasteiger partial charge is 0.145 e. The Morgan fingerprint density at radius 3 is 1.65 bits per heavy atom. The van der Waals surface area contributed by atoms with Crippen LogP contribution in [0.1, 0.15) is 13.3 Å². The Morgan fingerprint density at radius 2 is 1.25 bits per heavy atom. The summed E-state index contributed by atoms with van der Waals surface area (Å²) in [4.78, 5) is 0. The molecule has 0 saturated heterocycles. The Morgan fingerprint density at radius 1 is 0.750 bits per heavy atom. The van der Waals surface area contributed by atoms with Crippen LogP contribution < -0.4 is 10.4 Å². The zero-order valence-corrected chi connectivity index (χ0v) is 13.1. The third-order valence-corrected chi connectivity index (χ3v) is 9.06. The third kappa shape index (κ3) is 2.08. The highest BCUT2D eigenvalue weighted by molar-refractivity contribution is 7.07. The molecule has 0 spiro atoms. The minimum absolute atomic E-state index is 1.09. The molecule has 1 aliphatic carbocycles. The minimum atomic E-state index is -1.84. The monoisotopic (exact) mass is 276 g/mol. The summed E-state index contributed by atoms with van der Waals surface area (Å²) in [7, 11) is -1.84. The fourth-order valence-corrected chi connectivity index (χ4v) is 7.33. The topological polar surface area (TPSA) is 0 Å². The van der Waals surface area contributed by atoms with Crippen molar-refractivity contribution < 1.29 is 0 Å². The van der Waals surface area contributed by atoms with Gasteiger partial charge in [0.15, 0.2) is 0 Å². The quantitative estimate of drug-likeness (QED) is 0.750. The van der Waals surface area contributed by atoms with Gasteiger partial charge in [0.05, 0.1) is 0 Å². The second kappa shape index (κ2) is 5.26. The number of hydrogen-bond donors (Lipinski definition) is 0. The van der Waals surface area contributed by atoms with Crippen LogP contribution in [-0.4, -0.2) is 8.07 Å². The second-order valence-electron chi connectivity index (χ2n) is 5.60. The highest BCUT2D eigenvalue weighted by atomic mass is 28.3. The van der Waals surface area contributed by atoms with Crippen molar-refractivity contribution in [3.8, 4) is 0 Å². The molecule has 0 heterocycles. The fraction of sp³-hybridized carbons (Fsp3) is 0.158. The van der Waals surface area contributed by atoms with Gasteiger partial charge in [-0.3, -0.25) is 0 Å². The van der Waals surface area contributed by atoms with Crippen LogP contribution in [0.25, 0.3) is 0 Å². The van der Waals surface area contributed by atoms with E-state index in [9.17, 15) is 0 Å². The minimum Gasteiger partial charge on any atom is -0.0804 e. The van der Waals surface area contributed by atoms with Crippen molar-refractivity contribution in [2.45, 2.75) is 19.9 Å². The number of rotatable bonds is 3. The average molecular weight is 276 g/mol. The summed E-state index contributed by atoms with van der Waals surface area (Å²) in [6.07, 6.45) is 5.87. The molecule has 3 rings (SSSR count). The Bertz CT molecular complexity index is 611. The fourth-order valence-electron chi connectivity index (χ4n) is 3.24. The van der Waals surface area contributed by atoms with Gasteiger partial charge in [0.25, 0.3) is 0 Å². The van der Waals surface area contributed by atoms with Gasteiger partial charge in [-0.2, -0.15) is 0 Å². The zero-order chi connectivity index (χ0) is 14.0. The summed E-state index contributed by atoms with van der Waals surface area (Å²) < 4.78 is 0. The lowest BCUT2D eigenvalue weighted by molar-refractivity contribution is 1.42. The highest BCUT2D eigenvalue weighted by Gasteiger charge is 2.37. The number of hydrogen-bond acceptors (Lipinski definition) is 0. The highest BCUT2D eigenvalue weighted by Crippen LogP contribution is 2.28. The molecule has 0 N–H and O–H groups in total. The van der Waals surface area contributed by atoms with E-state index in [-0.39, 0.29) is 0 Å². The van der Waals surface area contributed by atoms with Crippen LogP contribution in [0, 0.1) is 0 Å². The molecule has 0 aromatic heterocycles. The summed E-state index contributed by atoms with van der Waals surface area (Å²) >= 11 is 0.